The topological polar surface area (TPSA) is 42.0 Å². The normalized spacial score (nSPS) is 10.2. The van der Waals surface area contributed by atoms with Crippen LogP contribution in [0.1, 0.15) is 25.8 Å². The maximum atomic E-state index is 11.9. The molecule has 1 N–H and O–H groups in total. The van der Waals surface area contributed by atoms with Gasteiger partial charge in [-0.1, -0.05) is 18.2 Å². The summed E-state index contributed by atoms with van der Waals surface area (Å²) in [6, 6.07) is 7.58. The Morgan fingerprint density at radius 3 is 2.76 bits per heavy atom. The predicted molar refractivity (Wildman–Crippen MR) is 69.2 cm³/mol. The largest absolute Gasteiger partial charge is 0.347 e. The van der Waals surface area contributed by atoms with Gasteiger partial charge in [-0.3, -0.25) is 4.79 Å². The Hall–Kier alpha value is -1.68. The van der Waals surface area contributed by atoms with Crippen molar-refractivity contribution in [2.75, 3.05) is 0 Å². The number of nitrogens with one attached hydrogen (secondary N) is 1. The van der Waals surface area contributed by atoms with E-state index in [0.29, 0.717) is 6.54 Å². The van der Waals surface area contributed by atoms with E-state index in [0.717, 1.165) is 21.0 Å². The lowest BCUT2D eigenvalue weighted by Gasteiger charge is -2.05. The molecule has 0 atom stereocenters. The highest BCUT2D eigenvalue weighted by Crippen LogP contribution is 2.12. The lowest BCUT2D eigenvalue weighted by Crippen LogP contribution is -2.23. The van der Waals surface area contributed by atoms with Crippen LogP contribution in [-0.2, 0) is 6.54 Å². The smallest absolute Gasteiger partial charge is 0.251 e. The molecule has 17 heavy (non-hydrogen) atoms. The van der Waals surface area contributed by atoms with Gasteiger partial charge < -0.3 is 5.32 Å². The Labute approximate surface area is 105 Å². The Balaban J connectivity index is 2.01. The van der Waals surface area contributed by atoms with Gasteiger partial charge in [0.1, 0.15) is 0 Å². The van der Waals surface area contributed by atoms with E-state index in [1.54, 1.807) is 17.5 Å². The van der Waals surface area contributed by atoms with Crippen molar-refractivity contribution >= 4 is 17.2 Å². The van der Waals surface area contributed by atoms with Gasteiger partial charge in [-0.15, -0.1) is 11.3 Å². The molecule has 3 nitrogen and oxygen atoms in total. The lowest BCUT2D eigenvalue weighted by molar-refractivity contribution is 0.0950. The summed E-state index contributed by atoms with van der Waals surface area (Å²) in [7, 11) is 0. The molecule has 0 aliphatic carbocycles. The van der Waals surface area contributed by atoms with E-state index in [1.807, 2.05) is 38.1 Å². The van der Waals surface area contributed by atoms with Crippen molar-refractivity contribution in [3.05, 3.63) is 51.5 Å². The zero-order chi connectivity index (χ0) is 12.3. The minimum atomic E-state index is -0.0332. The number of hydrogen-bond acceptors (Lipinski definition) is 3. The second-order valence-corrected chi connectivity index (χ2v) is 5.16. The van der Waals surface area contributed by atoms with Crippen LogP contribution in [0.5, 0.6) is 0 Å². The second-order valence-electron chi connectivity index (χ2n) is 3.84. The number of hydrogen-bond donors (Lipinski definition) is 1. The maximum absolute atomic E-state index is 11.9. The molecule has 0 saturated heterocycles. The first-order valence-corrected chi connectivity index (χ1v) is 6.23. The van der Waals surface area contributed by atoms with E-state index in [-0.39, 0.29) is 5.91 Å². The molecule has 0 aliphatic heterocycles. The molecule has 0 unspecified atom stereocenters. The minimum absolute atomic E-state index is 0.0332. The highest BCUT2D eigenvalue weighted by Gasteiger charge is 2.08. The molecule has 2 aromatic rings. The number of aryl methyl sites for hydroxylation is 2. The van der Waals surface area contributed by atoms with Gasteiger partial charge in [0, 0.05) is 16.6 Å². The molecule has 1 aromatic carbocycles. The third-order valence-corrected chi connectivity index (χ3v) is 3.39. The highest BCUT2D eigenvalue weighted by atomic mass is 32.1. The number of nitrogens with zero attached hydrogens (tertiary/aromatic N) is 1. The SMILES string of the molecule is Cc1ncc(CNC(=O)c2ccccc2C)s1. The van der Waals surface area contributed by atoms with Gasteiger partial charge in [0.05, 0.1) is 11.6 Å². The molecule has 88 valence electrons. The summed E-state index contributed by atoms with van der Waals surface area (Å²) in [6.45, 7) is 4.43. The van der Waals surface area contributed by atoms with Crippen molar-refractivity contribution in [3.8, 4) is 0 Å². The summed E-state index contributed by atoms with van der Waals surface area (Å²) < 4.78 is 0. The monoisotopic (exact) mass is 246 g/mol. The molecule has 0 saturated carbocycles. The van der Waals surface area contributed by atoms with Crippen molar-refractivity contribution in [2.45, 2.75) is 20.4 Å². The molecular weight excluding hydrogens is 232 g/mol. The van der Waals surface area contributed by atoms with Crippen molar-refractivity contribution in [1.82, 2.24) is 10.3 Å². The van der Waals surface area contributed by atoms with Crippen LogP contribution in [0.2, 0.25) is 0 Å². The van der Waals surface area contributed by atoms with Crippen LogP contribution in [0.3, 0.4) is 0 Å². The average Bonchev–Trinajstić information content (AvgIpc) is 2.73. The van der Waals surface area contributed by atoms with E-state index < -0.39 is 0 Å². The summed E-state index contributed by atoms with van der Waals surface area (Å²) in [5, 5.41) is 3.92. The van der Waals surface area contributed by atoms with Gasteiger partial charge in [0.2, 0.25) is 0 Å². The summed E-state index contributed by atoms with van der Waals surface area (Å²) in [6.07, 6.45) is 1.80. The minimum Gasteiger partial charge on any atom is -0.347 e. The number of carbonyl (C=O) groups excluding carboxylic acids is 1. The third-order valence-electron chi connectivity index (χ3n) is 2.48. The van der Waals surface area contributed by atoms with E-state index in [4.69, 9.17) is 0 Å². The molecule has 1 aromatic heterocycles. The first-order valence-electron chi connectivity index (χ1n) is 5.42. The van der Waals surface area contributed by atoms with Gasteiger partial charge in [-0.2, -0.15) is 0 Å². The molecule has 0 bridgehead atoms. The second kappa shape index (κ2) is 5.10. The third kappa shape index (κ3) is 2.91. The van der Waals surface area contributed by atoms with Crippen molar-refractivity contribution in [2.24, 2.45) is 0 Å². The molecule has 1 amide bonds. The predicted octanol–water partition coefficient (Wildman–Crippen LogP) is 2.69. The fraction of sp³-hybridized carbons (Fsp3) is 0.231. The molecule has 0 aliphatic rings. The van der Waals surface area contributed by atoms with Crippen molar-refractivity contribution in [3.63, 3.8) is 0 Å². The van der Waals surface area contributed by atoms with Crippen LogP contribution in [0.15, 0.2) is 30.5 Å². The summed E-state index contributed by atoms with van der Waals surface area (Å²) in [4.78, 5) is 17.1. The van der Waals surface area contributed by atoms with Crippen LogP contribution < -0.4 is 5.32 Å². The standard InChI is InChI=1S/C13H14N2OS/c1-9-5-3-4-6-12(9)13(16)15-8-11-7-14-10(2)17-11/h3-7H,8H2,1-2H3,(H,15,16). The van der Waals surface area contributed by atoms with Crippen LogP contribution in [-0.4, -0.2) is 10.9 Å². The van der Waals surface area contributed by atoms with Crippen LogP contribution in [0.25, 0.3) is 0 Å². The Morgan fingerprint density at radius 1 is 1.35 bits per heavy atom. The van der Waals surface area contributed by atoms with E-state index in [2.05, 4.69) is 10.3 Å². The summed E-state index contributed by atoms with van der Waals surface area (Å²) >= 11 is 1.60. The van der Waals surface area contributed by atoms with E-state index >= 15 is 0 Å². The number of amides is 1. The Kier molecular flexibility index (Phi) is 3.54. The average molecular weight is 246 g/mol. The van der Waals surface area contributed by atoms with Gasteiger partial charge in [-0.05, 0) is 25.5 Å². The Bertz CT molecular complexity index is 534. The molecule has 4 heteroatoms. The molecular formula is C13H14N2OS. The zero-order valence-corrected chi connectivity index (χ0v) is 10.7. The van der Waals surface area contributed by atoms with Crippen LogP contribution in [0.4, 0.5) is 0 Å². The van der Waals surface area contributed by atoms with Gasteiger partial charge in [-0.25, -0.2) is 4.98 Å². The first-order chi connectivity index (χ1) is 8.16. The highest BCUT2D eigenvalue weighted by molar-refractivity contribution is 7.11. The van der Waals surface area contributed by atoms with Crippen molar-refractivity contribution < 1.29 is 4.79 Å². The van der Waals surface area contributed by atoms with Gasteiger partial charge in [0.15, 0.2) is 0 Å². The number of rotatable bonds is 3. The maximum Gasteiger partial charge on any atom is 0.251 e. The van der Waals surface area contributed by atoms with Gasteiger partial charge in [0.25, 0.3) is 5.91 Å². The summed E-state index contributed by atoms with van der Waals surface area (Å²) in [5.41, 5.74) is 1.72. The fourth-order valence-corrected chi connectivity index (χ4v) is 2.31. The Morgan fingerprint density at radius 2 is 2.12 bits per heavy atom. The molecule has 0 radical (unpaired) electrons. The lowest BCUT2D eigenvalue weighted by atomic mass is 10.1. The van der Waals surface area contributed by atoms with E-state index in [1.165, 1.54) is 0 Å². The van der Waals surface area contributed by atoms with Gasteiger partial charge >= 0.3 is 0 Å². The zero-order valence-electron chi connectivity index (χ0n) is 9.86. The number of benzene rings is 1. The molecule has 0 fully saturated rings. The number of aromatic nitrogens is 1. The van der Waals surface area contributed by atoms with Crippen molar-refractivity contribution in [1.29, 1.82) is 0 Å². The quantitative estimate of drug-likeness (QED) is 0.904. The molecule has 2 rings (SSSR count). The molecule has 1 heterocycles. The molecule has 0 spiro atoms. The van der Waals surface area contributed by atoms with Crippen LogP contribution >= 0.6 is 11.3 Å². The fourth-order valence-electron chi connectivity index (χ4n) is 1.58. The van der Waals surface area contributed by atoms with Crippen LogP contribution in [0, 0.1) is 13.8 Å². The number of carbonyl (C=O) groups is 1. The van der Waals surface area contributed by atoms with E-state index in [9.17, 15) is 4.79 Å². The first kappa shape index (κ1) is 11.8. The number of thiazole rings is 1. The summed E-state index contributed by atoms with van der Waals surface area (Å²) in [5.74, 6) is -0.0332.